The molecule has 0 N–H and O–H groups in total. The molecule has 0 bridgehead atoms. The molecule has 23 heavy (non-hydrogen) atoms. The highest BCUT2D eigenvalue weighted by Crippen LogP contribution is 2.37. The quantitative estimate of drug-likeness (QED) is 0.506. The average Bonchev–Trinajstić information content (AvgIpc) is 2.49. The van der Waals surface area contributed by atoms with Gasteiger partial charge in [0.05, 0.1) is 33.4 Å². The Morgan fingerprint density at radius 2 is 1.70 bits per heavy atom. The summed E-state index contributed by atoms with van der Waals surface area (Å²) in [4.78, 5) is 15.3. The van der Waals surface area contributed by atoms with Gasteiger partial charge in [0.15, 0.2) is 0 Å². The van der Waals surface area contributed by atoms with Crippen LogP contribution in [0.25, 0.3) is 11.3 Å². The Morgan fingerprint density at radius 1 is 1.13 bits per heavy atom. The standard InChI is InChI=1S/C14H7Cl3F3NO2/c1-23-13(22)7-2-3-10(14(18,19)20)21-12(7)6-4-8(15)11(17)9(16)5-6/h2-5H,1H3. The van der Waals surface area contributed by atoms with Crippen LogP contribution in [-0.2, 0) is 10.9 Å². The van der Waals surface area contributed by atoms with E-state index < -0.39 is 17.8 Å². The molecule has 1 aromatic carbocycles. The van der Waals surface area contributed by atoms with Crippen molar-refractivity contribution in [2.24, 2.45) is 0 Å². The number of benzene rings is 1. The molecule has 0 aliphatic heterocycles. The van der Waals surface area contributed by atoms with Crippen molar-refractivity contribution in [1.82, 2.24) is 4.98 Å². The number of nitrogens with zero attached hydrogens (tertiary/aromatic N) is 1. The lowest BCUT2D eigenvalue weighted by atomic mass is 10.0. The van der Waals surface area contributed by atoms with E-state index in [-0.39, 0.29) is 31.9 Å². The monoisotopic (exact) mass is 383 g/mol. The number of pyridine rings is 1. The topological polar surface area (TPSA) is 39.2 Å². The molecule has 1 aromatic heterocycles. The summed E-state index contributed by atoms with van der Waals surface area (Å²) in [6, 6.07) is 4.21. The summed E-state index contributed by atoms with van der Waals surface area (Å²) in [5.41, 5.74) is -1.47. The number of esters is 1. The van der Waals surface area contributed by atoms with Gasteiger partial charge in [-0.15, -0.1) is 0 Å². The summed E-state index contributed by atoms with van der Waals surface area (Å²) in [5.74, 6) is -0.844. The molecular formula is C14H7Cl3F3NO2. The minimum absolute atomic E-state index is 0.0178. The zero-order valence-electron chi connectivity index (χ0n) is 11.3. The van der Waals surface area contributed by atoms with Gasteiger partial charge in [-0.25, -0.2) is 9.78 Å². The lowest BCUT2D eigenvalue weighted by Crippen LogP contribution is -2.12. The van der Waals surface area contributed by atoms with Crippen molar-refractivity contribution < 1.29 is 22.7 Å². The fraction of sp³-hybridized carbons (Fsp3) is 0.143. The molecule has 1 heterocycles. The molecule has 0 saturated carbocycles. The Bertz CT molecular complexity index is 755. The van der Waals surface area contributed by atoms with Crippen molar-refractivity contribution in [3.05, 3.63) is 50.6 Å². The largest absolute Gasteiger partial charge is 0.465 e. The third-order valence-electron chi connectivity index (χ3n) is 2.85. The minimum Gasteiger partial charge on any atom is -0.465 e. The van der Waals surface area contributed by atoms with Crippen molar-refractivity contribution in [1.29, 1.82) is 0 Å². The van der Waals surface area contributed by atoms with E-state index in [4.69, 9.17) is 34.8 Å². The van der Waals surface area contributed by atoms with Crippen molar-refractivity contribution in [2.75, 3.05) is 7.11 Å². The molecule has 0 saturated heterocycles. The highest BCUT2D eigenvalue weighted by molar-refractivity contribution is 6.48. The third kappa shape index (κ3) is 3.71. The second kappa shape index (κ2) is 6.55. The zero-order valence-corrected chi connectivity index (χ0v) is 13.6. The number of aromatic nitrogens is 1. The number of rotatable bonds is 2. The molecule has 2 aromatic rings. The van der Waals surface area contributed by atoms with Gasteiger partial charge >= 0.3 is 12.1 Å². The van der Waals surface area contributed by atoms with Crippen molar-refractivity contribution in [3.63, 3.8) is 0 Å². The third-order valence-corrected chi connectivity index (χ3v) is 4.05. The van der Waals surface area contributed by atoms with E-state index in [1.807, 2.05) is 0 Å². The first kappa shape index (κ1) is 17.8. The van der Waals surface area contributed by atoms with Crippen molar-refractivity contribution in [3.8, 4) is 11.3 Å². The van der Waals surface area contributed by atoms with Crippen LogP contribution in [0.5, 0.6) is 0 Å². The smallest absolute Gasteiger partial charge is 0.433 e. The van der Waals surface area contributed by atoms with Crippen LogP contribution in [0.15, 0.2) is 24.3 Å². The van der Waals surface area contributed by atoms with Gasteiger partial charge in [0, 0.05) is 5.56 Å². The van der Waals surface area contributed by atoms with Crippen LogP contribution >= 0.6 is 34.8 Å². The molecule has 9 heteroatoms. The maximum Gasteiger partial charge on any atom is 0.433 e. The first-order chi connectivity index (χ1) is 10.6. The first-order valence-electron chi connectivity index (χ1n) is 5.96. The summed E-state index contributed by atoms with van der Waals surface area (Å²) in [7, 11) is 1.10. The molecule has 122 valence electrons. The van der Waals surface area contributed by atoms with Gasteiger partial charge in [-0.3, -0.25) is 0 Å². The number of hydrogen-bond donors (Lipinski definition) is 0. The number of methoxy groups -OCH3 is 1. The van der Waals surface area contributed by atoms with Crippen LogP contribution in [0.2, 0.25) is 15.1 Å². The lowest BCUT2D eigenvalue weighted by molar-refractivity contribution is -0.141. The fourth-order valence-corrected chi connectivity index (χ4v) is 2.40. The van der Waals surface area contributed by atoms with Crippen LogP contribution in [0.4, 0.5) is 13.2 Å². The number of halogens is 6. The summed E-state index contributed by atoms with van der Waals surface area (Å²) in [5, 5.41) is 0.0806. The fourth-order valence-electron chi connectivity index (χ4n) is 1.80. The predicted octanol–water partition coefficient (Wildman–Crippen LogP) is 5.51. The highest BCUT2D eigenvalue weighted by atomic mass is 35.5. The van der Waals surface area contributed by atoms with Crippen LogP contribution in [-0.4, -0.2) is 18.1 Å². The highest BCUT2D eigenvalue weighted by Gasteiger charge is 2.34. The molecule has 0 fully saturated rings. The summed E-state index contributed by atoms with van der Waals surface area (Å²) >= 11 is 17.6. The molecule has 0 unspecified atom stereocenters. The van der Waals surface area contributed by atoms with E-state index in [2.05, 4.69) is 9.72 Å². The Morgan fingerprint density at radius 3 is 2.17 bits per heavy atom. The molecule has 0 radical (unpaired) electrons. The maximum atomic E-state index is 12.9. The summed E-state index contributed by atoms with van der Waals surface area (Å²) < 4.78 is 43.2. The summed E-state index contributed by atoms with van der Waals surface area (Å²) in [6.45, 7) is 0. The van der Waals surface area contributed by atoms with E-state index in [9.17, 15) is 18.0 Å². The van der Waals surface area contributed by atoms with Crippen molar-refractivity contribution in [2.45, 2.75) is 6.18 Å². The molecule has 3 nitrogen and oxygen atoms in total. The Balaban J connectivity index is 2.74. The van der Waals surface area contributed by atoms with E-state index in [1.54, 1.807) is 0 Å². The van der Waals surface area contributed by atoms with E-state index in [0.29, 0.717) is 6.07 Å². The van der Waals surface area contributed by atoms with Gasteiger partial charge in [0.2, 0.25) is 0 Å². The van der Waals surface area contributed by atoms with Gasteiger partial charge in [-0.1, -0.05) is 34.8 Å². The number of hydrogen-bond acceptors (Lipinski definition) is 3. The normalized spacial score (nSPS) is 11.4. The SMILES string of the molecule is COC(=O)c1ccc(C(F)(F)F)nc1-c1cc(Cl)c(Cl)c(Cl)c1. The first-order valence-corrected chi connectivity index (χ1v) is 7.10. The Kier molecular flexibility index (Phi) is 5.08. The lowest BCUT2D eigenvalue weighted by Gasteiger charge is -2.12. The molecule has 0 aliphatic carbocycles. The number of carbonyl (C=O) groups excluding carboxylic acids is 1. The Hall–Kier alpha value is -1.50. The number of carbonyl (C=O) groups is 1. The molecule has 0 spiro atoms. The van der Waals surface area contributed by atoms with Gasteiger partial charge in [0.1, 0.15) is 5.69 Å². The second-order valence-corrected chi connectivity index (χ2v) is 5.53. The van der Waals surface area contributed by atoms with E-state index >= 15 is 0 Å². The molecule has 0 atom stereocenters. The molecular weight excluding hydrogens is 378 g/mol. The molecule has 0 aliphatic rings. The van der Waals surface area contributed by atoms with Gasteiger partial charge < -0.3 is 4.74 Å². The number of ether oxygens (including phenoxy) is 1. The number of alkyl halides is 3. The van der Waals surface area contributed by atoms with Crippen LogP contribution in [0.1, 0.15) is 16.1 Å². The van der Waals surface area contributed by atoms with Gasteiger partial charge in [-0.05, 0) is 24.3 Å². The maximum absolute atomic E-state index is 12.9. The minimum atomic E-state index is -4.68. The van der Waals surface area contributed by atoms with Crippen molar-refractivity contribution >= 4 is 40.8 Å². The van der Waals surface area contributed by atoms with E-state index in [0.717, 1.165) is 13.2 Å². The second-order valence-electron chi connectivity index (χ2n) is 4.34. The van der Waals surface area contributed by atoms with E-state index in [1.165, 1.54) is 12.1 Å². The summed E-state index contributed by atoms with van der Waals surface area (Å²) in [6.07, 6.45) is -4.68. The van der Waals surface area contributed by atoms with Crippen LogP contribution in [0.3, 0.4) is 0 Å². The van der Waals surface area contributed by atoms with Crippen LogP contribution < -0.4 is 0 Å². The predicted molar refractivity (Wildman–Crippen MR) is 81.0 cm³/mol. The average molecular weight is 385 g/mol. The zero-order chi connectivity index (χ0) is 17.4. The van der Waals surface area contributed by atoms with Gasteiger partial charge in [0.25, 0.3) is 0 Å². The van der Waals surface area contributed by atoms with Gasteiger partial charge in [-0.2, -0.15) is 13.2 Å². The Labute approximate surface area is 143 Å². The molecule has 2 rings (SSSR count). The molecule has 0 amide bonds. The van der Waals surface area contributed by atoms with Crippen LogP contribution in [0, 0.1) is 0 Å².